The third kappa shape index (κ3) is 5.43. The Labute approximate surface area is 162 Å². The summed E-state index contributed by atoms with van der Waals surface area (Å²) in [4.78, 5) is 39.6. The minimum absolute atomic E-state index is 0.0688. The third-order valence-electron chi connectivity index (χ3n) is 5.83. The van der Waals surface area contributed by atoms with Gasteiger partial charge in [0.15, 0.2) is 0 Å². The molecule has 0 aromatic rings. The number of fused-ring (bicyclic) bond motifs is 1. The molecule has 2 fully saturated rings. The number of hydrogen-bond acceptors (Lipinski definition) is 4. The number of nitrogens with two attached hydrogens (primary N) is 1. The van der Waals surface area contributed by atoms with Gasteiger partial charge in [0.1, 0.15) is 6.04 Å². The lowest BCUT2D eigenvalue weighted by molar-refractivity contribution is -0.139. The number of nitrogens with zero attached hydrogens (tertiary/aromatic N) is 1. The molecule has 2 aliphatic heterocycles. The number of carbonyl (C=O) groups excluding carboxylic acids is 3. The van der Waals surface area contributed by atoms with Crippen LogP contribution in [0.5, 0.6) is 0 Å². The lowest BCUT2D eigenvalue weighted by Gasteiger charge is -2.29. The fraction of sp³-hybridized carbons (Fsp3) is 0.850. The summed E-state index contributed by atoms with van der Waals surface area (Å²) >= 11 is 0. The molecule has 2 rings (SSSR count). The van der Waals surface area contributed by atoms with Gasteiger partial charge in [0, 0.05) is 24.4 Å². The summed E-state index contributed by atoms with van der Waals surface area (Å²) < 4.78 is 0. The summed E-state index contributed by atoms with van der Waals surface area (Å²) in [6.07, 6.45) is 4.30. The zero-order valence-corrected chi connectivity index (χ0v) is 16.8. The lowest BCUT2D eigenvalue weighted by Crippen LogP contribution is -2.51. The van der Waals surface area contributed by atoms with E-state index in [1.54, 1.807) is 4.90 Å². The molecule has 4 N–H and O–H groups in total. The maximum atomic E-state index is 13.0. The molecule has 0 spiro atoms. The van der Waals surface area contributed by atoms with Crippen molar-refractivity contribution in [1.82, 2.24) is 10.2 Å². The van der Waals surface area contributed by atoms with Gasteiger partial charge in [-0.1, -0.05) is 27.2 Å². The van der Waals surface area contributed by atoms with E-state index in [-0.39, 0.29) is 23.8 Å². The summed E-state index contributed by atoms with van der Waals surface area (Å²) in [5.74, 6) is -1.61. The Morgan fingerprint density at radius 3 is 2.59 bits per heavy atom. The predicted molar refractivity (Wildman–Crippen MR) is 102 cm³/mol. The van der Waals surface area contributed by atoms with Crippen LogP contribution in [-0.2, 0) is 14.4 Å². The maximum absolute atomic E-state index is 13.0. The average Bonchev–Trinajstić information content (AvgIpc) is 2.90. The van der Waals surface area contributed by atoms with Gasteiger partial charge in [0.25, 0.3) is 0 Å². The fourth-order valence-corrected chi connectivity index (χ4v) is 4.54. The van der Waals surface area contributed by atoms with Gasteiger partial charge in [0.2, 0.25) is 17.7 Å². The number of hydrogen-bond donors (Lipinski definition) is 3. The van der Waals surface area contributed by atoms with Gasteiger partial charge < -0.3 is 21.1 Å². The number of rotatable bonds is 8. The highest BCUT2D eigenvalue weighted by molar-refractivity contribution is 5.91. The van der Waals surface area contributed by atoms with E-state index in [2.05, 4.69) is 5.32 Å². The van der Waals surface area contributed by atoms with Crippen LogP contribution >= 0.6 is 0 Å². The molecular formula is C20H35N3O4. The highest BCUT2D eigenvalue weighted by Crippen LogP contribution is 2.29. The molecule has 0 aromatic heterocycles. The van der Waals surface area contributed by atoms with Crippen LogP contribution in [0.1, 0.15) is 65.7 Å². The van der Waals surface area contributed by atoms with Crippen molar-refractivity contribution in [2.75, 3.05) is 6.54 Å². The van der Waals surface area contributed by atoms with E-state index < -0.39 is 29.9 Å². The standard InChI is InChI=1S/C20H35N3O4/c1-4-6-15(18(21)25)16(9-12(2)3)19(26)22-17-8-5-7-13-10-14(24)11-23(13)20(17)27/h12-17,24H,4-11H2,1-3H3,(H2,21,25)(H,22,26). The van der Waals surface area contributed by atoms with Crippen molar-refractivity contribution in [1.29, 1.82) is 0 Å². The molecule has 2 heterocycles. The molecule has 5 atom stereocenters. The smallest absolute Gasteiger partial charge is 0.245 e. The quantitative estimate of drug-likeness (QED) is 0.586. The summed E-state index contributed by atoms with van der Waals surface area (Å²) in [6.45, 7) is 6.33. The zero-order valence-electron chi connectivity index (χ0n) is 16.8. The topological polar surface area (TPSA) is 113 Å². The second-order valence-electron chi connectivity index (χ2n) is 8.56. The number of aliphatic hydroxyl groups excluding tert-OH is 1. The number of nitrogens with one attached hydrogen (secondary N) is 1. The van der Waals surface area contributed by atoms with Gasteiger partial charge in [-0.3, -0.25) is 14.4 Å². The second-order valence-corrected chi connectivity index (χ2v) is 8.56. The molecule has 2 saturated heterocycles. The Kier molecular flexibility index (Phi) is 7.65. The second kappa shape index (κ2) is 9.53. The fourth-order valence-electron chi connectivity index (χ4n) is 4.54. The summed E-state index contributed by atoms with van der Waals surface area (Å²) in [5, 5.41) is 12.8. The van der Waals surface area contributed by atoms with Crippen molar-refractivity contribution in [3.05, 3.63) is 0 Å². The highest BCUT2D eigenvalue weighted by Gasteiger charge is 2.41. The first-order valence-corrected chi connectivity index (χ1v) is 10.3. The Hall–Kier alpha value is -1.63. The van der Waals surface area contributed by atoms with Gasteiger partial charge in [-0.25, -0.2) is 0 Å². The molecule has 0 aromatic carbocycles. The van der Waals surface area contributed by atoms with Gasteiger partial charge >= 0.3 is 0 Å². The van der Waals surface area contributed by atoms with E-state index in [9.17, 15) is 19.5 Å². The number of primary amides is 1. The van der Waals surface area contributed by atoms with Crippen molar-refractivity contribution in [2.24, 2.45) is 23.5 Å². The van der Waals surface area contributed by atoms with E-state index in [1.165, 1.54) is 0 Å². The first kappa shape index (κ1) is 21.7. The van der Waals surface area contributed by atoms with E-state index in [0.29, 0.717) is 32.2 Å². The molecule has 27 heavy (non-hydrogen) atoms. The zero-order chi connectivity index (χ0) is 20.1. The third-order valence-corrected chi connectivity index (χ3v) is 5.83. The molecule has 0 aliphatic carbocycles. The van der Waals surface area contributed by atoms with Crippen molar-refractivity contribution < 1.29 is 19.5 Å². The lowest BCUT2D eigenvalue weighted by atomic mass is 9.81. The molecule has 2 aliphatic rings. The Morgan fingerprint density at radius 2 is 2.00 bits per heavy atom. The van der Waals surface area contributed by atoms with Gasteiger partial charge in [-0.15, -0.1) is 0 Å². The molecule has 5 unspecified atom stereocenters. The van der Waals surface area contributed by atoms with E-state index in [0.717, 1.165) is 19.3 Å². The van der Waals surface area contributed by atoms with Crippen molar-refractivity contribution in [3.63, 3.8) is 0 Å². The van der Waals surface area contributed by atoms with Crippen LogP contribution < -0.4 is 11.1 Å². The van der Waals surface area contributed by atoms with Crippen molar-refractivity contribution >= 4 is 17.7 Å². The molecule has 154 valence electrons. The molecule has 0 bridgehead atoms. The Bertz CT molecular complexity index is 551. The highest BCUT2D eigenvalue weighted by atomic mass is 16.3. The van der Waals surface area contributed by atoms with Gasteiger partial charge in [-0.2, -0.15) is 0 Å². The Morgan fingerprint density at radius 1 is 1.30 bits per heavy atom. The van der Waals surface area contributed by atoms with Gasteiger partial charge in [-0.05, 0) is 44.4 Å². The maximum Gasteiger partial charge on any atom is 0.245 e. The van der Waals surface area contributed by atoms with E-state index >= 15 is 0 Å². The van der Waals surface area contributed by atoms with Crippen LogP contribution in [0.15, 0.2) is 0 Å². The molecule has 0 saturated carbocycles. The molecule has 7 nitrogen and oxygen atoms in total. The van der Waals surface area contributed by atoms with E-state index in [1.807, 2.05) is 20.8 Å². The normalized spacial score (nSPS) is 27.8. The summed E-state index contributed by atoms with van der Waals surface area (Å²) in [5.41, 5.74) is 5.59. The van der Waals surface area contributed by atoms with E-state index in [4.69, 9.17) is 5.73 Å². The molecule has 3 amide bonds. The van der Waals surface area contributed by atoms with Crippen LogP contribution in [-0.4, -0.2) is 52.5 Å². The van der Waals surface area contributed by atoms with Crippen LogP contribution in [0.2, 0.25) is 0 Å². The first-order valence-electron chi connectivity index (χ1n) is 10.3. The summed E-state index contributed by atoms with van der Waals surface area (Å²) in [6, 6.07) is -0.517. The minimum Gasteiger partial charge on any atom is -0.391 e. The first-order chi connectivity index (χ1) is 12.7. The van der Waals surface area contributed by atoms with Gasteiger partial charge in [0.05, 0.1) is 6.10 Å². The largest absolute Gasteiger partial charge is 0.391 e. The number of aliphatic hydroxyl groups is 1. The minimum atomic E-state index is -0.586. The summed E-state index contributed by atoms with van der Waals surface area (Å²) in [7, 11) is 0. The van der Waals surface area contributed by atoms with Crippen LogP contribution in [0.25, 0.3) is 0 Å². The number of carbonyl (C=O) groups is 3. The molecule has 0 radical (unpaired) electrons. The number of amides is 3. The Balaban J connectivity index is 2.12. The average molecular weight is 382 g/mol. The SMILES string of the molecule is CCCC(C(N)=O)C(CC(C)C)C(=O)NC1CCCC2CC(O)CN2C1=O. The predicted octanol–water partition coefficient (Wildman–Crippen LogP) is 1.18. The van der Waals surface area contributed by atoms with Crippen LogP contribution in [0, 0.1) is 17.8 Å². The molecular weight excluding hydrogens is 346 g/mol. The van der Waals surface area contributed by atoms with Crippen molar-refractivity contribution in [3.8, 4) is 0 Å². The molecule has 7 heteroatoms. The van der Waals surface area contributed by atoms with Crippen molar-refractivity contribution in [2.45, 2.75) is 83.9 Å². The van der Waals surface area contributed by atoms with Crippen LogP contribution in [0.3, 0.4) is 0 Å². The van der Waals surface area contributed by atoms with Crippen LogP contribution in [0.4, 0.5) is 0 Å². The monoisotopic (exact) mass is 381 g/mol.